The first kappa shape index (κ1) is 25.9. The van der Waals surface area contributed by atoms with Crippen LogP contribution in [-0.2, 0) is 34.3 Å². The molecular weight excluding hydrogens is 458 g/mol. The zero-order chi connectivity index (χ0) is 24.5. The number of piperidine rings is 2. The first-order valence-corrected chi connectivity index (χ1v) is 14.7. The topological polar surface area (TPSA) is 69.7 Å². The second kappa shape index (κ2) is 12.7. The monoisotopic (exact) mass is 497 g/mol. The predicted octanol–water partition coefficient (Wildman–Crippen LogP) is 3.96. The summed E-state index contributed by atoms with van der Waals surface area (Å²) in [6, 6.07) is 18.4. The van der Waals surface area contributed by atoms with Crippen molar-refractivity contribution in [2.75, 3.05) is 31.9 Å². The van der Waals surface area contributed by atoms with Crippen molar-refractivity contribution in [3.8, 4) is 0 Å². The Hall–Kier alpha value is -2.22. The summed E-state index contributed by atoms with van der Waals surface area (Å²) in [5, 5.41) is 3.06. The number of nitrogens with one attached hydrogen (secondary N) is 1. The van der Waals surface area contributed by atoms with E-state index in [1.807, 2.05) is 36.4 Å². The summed E-state index contributed by atoms with van der Waals surface area (Å²) in [4.78, 5) is 15.4. The molecule has 2 aromatic rings. The van der Waals surface area contributed by atoms with Gasteiger partial charge in [0.25, 0.3) is 0 Å². The fourth-order valence-electron chi connectivity index (χ4n) is 5.19. The lowest BCUT2D eigenvalue weighted by molar-refractivity contribution is -0.126. The van der Waals surface area contributed by atoms with Crippen molar-refractivity contribution in [2.24, 2.45) is 5.92 Å². The fourth-order valence-corrected chi connectivity index (χ4v) is 6.77. The maximum atomic E-state index is 12.9. The van der Waals surface area contributed by atoms with E-state index in [4.69, 9.17) is 0 Å². The maximum absolute atomic E-state index is 12.9. The molecule has 2 saturated heterocycles. The molecule has 0 aromatic heterocycles. The van der Waals surface area contributed by atoms with E-state index in [0.717, 1.165) is 50.0 Å². The third kappa shape index (κ3) is 7.89. The second-order valence-corrected chi connectivity index (χ2v) is 12.1. The van der Waals surface area contributed by atoms with Crippen molar-refractivity contribution >= 4 is 15.9 Å². The van der Waals surface area contributed by atoms with Gasteiger partial charge in [-0.2, -0.15) is 0 Å². The Morgan fingerprint density at radius 1 is 0.886 bits per heavy atom. The number of rotatable bonds is 10. The Bertz CT molecular complexity index is 1050. The Morgan fingerprint density at radius 2 is 1.63 bits per heavy atom. The average Bonchev–Trinajstić information content (AvgIpc) is 2.89. The molecule has 2 aliphatic rings. The minimum atomic E-state index is -3.36. The second-order valence-electron chi connectivity index (χ2n) is 9.98. The Labute approximate surface area is 210 Å². The highest BCUT2D eigenvalue weighted by molar-refractivity contribution is 7.89. The molecular formula is C28H39N3O3S. The first-order valence-electron chi connectivity index (χ1n) is 13.1. The average molecular weight is 498 g/mol. The zero-order valence-corrected chi connectivity index (χ0v) is 21.5. The number of sulfonamides is 1. The van der Waals surface area contributed by atoms with Gasteiger partial charge >= 0.3 is 0 Å². The molecule has 0 spiro atoms. The van der Waals surface area contributed by atoms with Gasteiger partial charge in [0.05, 0.1) is 11.7 Å². The van der Waals surface area contributed by atoms with Crippen LogP contribution >= 0.6 is 0 Å². The number of aryl methyl sites for hydroxylation is 1. The van der Waals surface area contributed by atoms with E-state index in [-0.39, 0.29) is 24.1 Å². The Kier molecular flexibility index (Phi) is 9.35. The van der Waals surface area contributed by atoms with E-state index >= 15 is 0 Å². The van der Waals surface area contributed by atoms with E-state index < -0.39 is 10.0 Å². The van der Waals surface area contributed by atoms with Crippen LogP contribution in [0.1, 0.15) is 55.2 Å². The molecule has 190 valence electrons. The van der Waals surface area contributed by atoms with Crippen molar-refractivity contribution in [3.05, 3.63) is 71.3 Å². The zero-order valence-electron chi connectivity index (χ0n) is 20.7. The predicted molar refractivity (Wildman–Crippen MR) is 140 cm³/mol. The van der Waals surface area contributed by atoms with Crippen LogP contribution in [0, 0.1) is 5.92 Å². The first-order chi connectivity index (χ1) is 17.0. The molecule has 2 aromatic carbocycles. The molecule has 6 nitrogen and oxygen atoms in total. The van der Waals surface area contributed by atoms with E-state index in [1.54, 1.807) is 0 Å². The van der Waals surface area contributed by atoms with E-state index in [0.29, 0.717) is 19.5 Å². The number of benzene rings is 2. The van der Waals surface area contributed by atoms with Crippen molar-refractivity contribution in [1.29, 1.82) is 0 Å². The minimum Gasteiger partial charge on any atom is -0.352 e. The number of amides is 1. The molecule has 2 heterocycles. The van der Waals surface area contributed by atoms with Crippen LogP contribution in [0.25, 0.3) is 0 Å². The Morgan fingerprint density at radius 3 is 2.43 bits per heavy atom. The highest BCUT2D eigenvalue weighted by atomic mass is 32.2. The summed E-state index contributed by atoms with van der Waals surface area (Å²) in [5.74, 6) is -0.208. The Balaban J connectivity index is 1.24. The number of carbonyl (C=O) groups excluding carboxylic acids is 1. The van der Waals surface area contributed by atoms with Gasteiger partial charge in [-0.05, 0) is 68.3 Å². The molecule has 1 N–H and O–H groups in total. The maximum Gasteiger partial charge on any atom is 0.224 e. The normalized spacial score (nSPS) is 19.9. The van der Waals surface area contributed by atoms with Crippen LogP contribution in [0.5, 0.6) is 0 Å². The van der Waals surface area contributed by atoms with Crippen molar-refractivity contribution in [2.45, 2.75) is 58.0 Å². The molecule has 0 bridgehead atoms. The molecule has 7 heteroatoms. The van der Waals surface area contributed by atoms with Gasteiger partial charge in [-0.3, -0.25) is 9.69 Å². The largest absolute Gasteiger partial charge is 0.352 e. The number of nitrogens with zero attached hydrogens (tertiary/aromatic N) is 2. The summed E-state index contributed by atoms with van der Waals surface area (Å²) < 4.78 is 27.4. The van der Waals surface area contributed by atoms with Crippen molar-refractivity contribution < 1.29 is 13.2 Å². The minimum absolute atomic E-state index is 0.0457. The third-order valence-corrected chi connectivity index (χ3v) is 9.09. The molecule has 0 radical (unpaired) electrons. The molecule has 35 heavy (non-hydrogen) atoms. The van der Waals surface area contributed by atoms with Crippen LogP contribution in [0.3, 0.4) is 0 Å². The summed E-state index contributed by atoms with van der Waals surface area (Å²) in [7, 11) is -3.36. The quantitative estimate of drug-likeness (QED) is 0.539. The van der Waals surface area contributed by atoms with E-state index in [9.17, 15) is 13.2 Å². The van der Waals surface area contributed by atoms with E-state index in [1.165, 1.54) is 29.1 Å². The van der Waals surface area contributed by atoms with Crippen LogP contribution in [-0.4, -0.2) is 55.5 Å². The highest BCUT2D eigenvalue weighted by Crippen LogP contribution is 2.21. The molecule has 0 unspecified atom stereocenters. The van der Waals surface area contributed by atoms with Gasteiger partial charge in [-0.15, -0.1) is 0 Å². The van der Waals surface area contributed by atoms with Gasteiger partial charge in [0.2, 0.25) is 15.9 Å². The highest BCUT2D eigenvalue weighted by Gasteiger charge is 2.32. The van der Waals surface area contributed by atoms with E-state index in [2.05, 4.69) is 28.4 Å². The lowest BCUT2D eigenvalue weighted by atomic mass is 9.98. The number of carbonyl (C=O) groups is 1. The van der Waals surface area contributed by atoms with Crippen LogP contribution < -0.4 is 5.32 Å². The van der Waals surface area contributed by atoms with Gasteiger partial charge in [-0.1, -0.05) is 61.0 Å². The van der Waals surface area contributed by atoms with Crippen LogP contribution in [0.2, 0.25) is 0 Å². The SMILES string of the molecule is O=C(NCc1cccc(CN2CCCCC2)c1)[C@@H]1CCCN(S(=O)(=O)CCCc2ccccc2)C1. The number of hydrogen-bond acceptors (Lipinski definition) is 4. The molecule has 2 fully saturated rings. The number of hydrogen-bond donors (Lipinski definition) is 1. The molecule has 1 amide bonds. The summed E-state index contributed by atoms with van der Waals surface area (Å²) in [5.41, 5.74) is 3.52. The summed E-state index contributed by atoms with van der Waals surface area (Å²) in [6.45, 7) is 4.56. The fraction of sp³-hybridized carbons (Fsp3) is 0.536. The number of likely N-dealkylation sites (tertiary alicyclic amines) is 1. The molecule has 2 aliphatic heterocycles. The summed E-state index contributed by atoms with van der Waals surface area (Å²) >= 11 is 0. The molecule has 0 saturated carbocycles. The van der Waals surface area contributed by atoms with Crippen LogP contribution in [0.15, 0.2) is 54.6 Å². The standard InChI is InChI=1S/C28H39N3O3S/c32-28(29-21-25-12-7-13-26(20-25)22-30-16-5-2-6-17-30)27-15-8-18-31(23-27)35(33,34)19-9-14-24-10-3-1-4-11-24/h1,3-4,7,10-13,20,27H,2,5-6,8-9,14-19,21-23H2,(H,29,32)/t27-/m1/s1. The van der Waals surface area contributed by atoms with Crippen molar-refractivity contribution in [1.82, 2.24) is 14.5 Å². The van der Waals surface area contributed by atoms with Crippen LogP contribution in [0.4, 0.5) is 0 Å². The summed E-state index contributed by atoms with van der Waals surface area (Å²) in [6.07, 6.45) is 6.67. The van der Waals surface area contributed by atoms with Gasteiger partial charge < -0.3 is 5.32 Å². The third-order valence-electron chi connectivity index (χ3n) is 7.17. The van der Waals surface area contributed by atoms with Gasteiger partial charge in [0, 0.05) is 26.2 Å². The molecule has 1 atom stereocenters. The van der Waals surface area contributed by atoms with Gasteiger partial charge in [-0.25, -0.2) is 12.7 Å². The lowest BCUT2D eigenvalue weighted by Gasteiger charge is -2.31. The van der Waals surface area contributed by atoms with Gasteiger partial charge in [0.1, 0.15) is 0 Å². The molecule has 4 rings (SSSR count). The van der Waals surface area contributed by atoms with Crippen molar-refractivity contribution in [3.63, 3.8) is 0 Å². The lowest BCUT2D eigenvalue weighted by Crippen LogP contribution is -2.46. The van der Waals surface area contributed by atoms with Gasteiger partial charge in [0.15, 0.2) is 0 Å². The smallest absolute Gasteiger partial charge is 0.224 e. The molecule has 0 aliphatic carbocycles.